The van der Waals surface area contributed by atoms with Crippen molar-refractivity contribution in [2.45, 2.75) is 38.9 Å². The molecule has 4 rings (SSSR count). The van der Waals surface area contributed by atoms with Crippen LogP contribution in [0.15, 0.2) is 35.5 Å². The van der Waals surface area contributed by atoms with E-state index in [4.69, 9.17) is 0 Å². The number of thiol groups is 1. The number of fused-ring (bicyclic) bond motifs is 1. The number of carboxylic acids is 1. The molecule has 160 valence electrons. The van der Waals surface area contributed by atoms with Gasteiger partial charge in [0.2, 0.25) is 0 Å². The highest BCUT2D eigenvalue weighted by molar-refractivity contribution is 7.80. The fourth-order valence-corrected chi connectivity index (χ4v) is 4.14. The first-order chi connectivity index (χ1) is 14.7. The molecule has 0 fully saturated rings. The molecule has 0 radical (unpaired) electrons. The molecule has 0 saturated carbocycles. The molecule has 0 amide bonds. The number of hydrogen-bond donors (Lipinski definition) is 4. The molecule has 0 aliphatic carbocycles. The third-order valence-corrected chi connectivity index (χ3v) is 5.93. The molecule has 4 aromatic rings. The lowest BCUT2D eigenvalue weighted by molar-refractivity contribution is -0.137. The predicted octanol–water partition coefficient (Wildman–Crippen LogP) is 3.85. The summed E-state index contributed by atoms with van der Waals surface area (Å²) in [6, 6.07) is 8.62. The molecule has 0 bridgehead atoms. The highest BCUT2D eigenvalue weighted by atomic mass is 32.1. The number of hydrogen-bond acceptors (Lipinski definition) is 6. The van der Waals surface area contributed by atoms with Crippen LogP contribution in [0.3, 0.4) is 0 Å². The molecule has 3 N–H and O–H groups in total. The third kappa shape index (κ3) is 3.40. The summed E-state index contributed by atoms with van der Waals surface area (Å²) in [4.78, 5) is 11.3. The van der Waals surface area contributed by atoms with Crippen LogP contribution >= 0.6 is 12.6 Å². The molecule has 8 nitrogen and oxygen atoms in total. The largest absolute Gasteiger partial charge is 0.508 e. The number of carboxylic acid groups (broad SMARTS) is 1. The molecule has 0 spiro atoms. The first kappa shape index (κ1) is 20.8. The van der Waals surface area contributed by atoms with E-state index >= 15 is 0 Å². The Morgan fingerprint density at radius 3 is 2.52 bits per heavy atom. The Hall–Kier alpha value is -3.46. The summed E-state index contributed by atoms with van der Waals surface area (Å²) < 4.78 is 3.47. The van der Waals surface area contributed by atoms with E-state index in [0.29, 0.717) is 28.5 Å². The maximum atomic E-state index is 11.3. The lowest BCUT2D eigenvalue weighted by atomic mass is 10.1. The summed E-state index contributed by atoms with van der Waals surface area (Å²) in [5, 5.41) is 39.3. The Morgan fingerprint density at radius 1 is 1.10 bits per heavy atom. The van der Waals surface area contributed by atoms with E-state index in [1.807, 2.05) is 39.0 Å². The quantitative estimate of drug-likeness (QED) is 0.352. The van der Waals surface area contributed by atoms with Crippen molar-refractivity contribution in [1.29, 1.82) is 0 Å². The minimum absolute atomic E-state index is 0.0215. The minimum Gasteiger partial charge on any atom is -0.508 e. The lowest BCUT2D eigenvalue weighted by Gasteiger charge is -2.12. The fraction of sp³-hybridized carbons (Fsp3) is 0.227. The van der Waals surface area contributed by atoms with E-state index in [0.717, 1.165) is 27.8 Å². The van der Waals surface area contributed by atoms with E-state index in [-0.39, 0.29) is 18.0 Å². The zero-order valence-electron chi connectivity index (χ0n) is 17.3. The van der Waals surface area contributed by atoms with Gasteiger partial charge in [-0.2, -0.15) is 0 Å². The van der Waals surface area contributed by atoms with Crippen LogP contribution in [0.2, 0.25) is 0 Å². The van der Waals surface area contributed by atoms with Crippen LogP contribution in [0, 0.1) is 13.8 Å². The van der Waals surface area contributed by atoms with Gasteiger partial charge in [0.15, 0.2) is 11.0 Å². The zero-order chi connectivity index (χ0) is 22.4. The van der Waals surface area contributed by atoms with Crippen molar-refractivity contribution in [3.05, 3.63) is 47.2 Å². The van der Waals surface area contributed by atoms with Crippen LogP contribution in [0.4, 0.5) is 0 Å². The molecule has 2 aromatic carbocycles. The summed E-state index contributed by atoms with van der Waals surface area (Å²) in [6.07, 6.45) is 0.586. The van der Waals surface area contributed by atoms with Gasteiger partial charge >= 0.3 is 5.97 Å². The molecule has 0 saturated heterocycles. The number of carbonyl (C=O) groups is 1. The molecule has 0 aliphatic heterocycles. The van der Waals surface area contributed by atoms with E-state index in [1.165, 1.54) is 6.07 Å². The molecule has 9 heteroatoms. The Kier molecular flexibility index (Phi) is 5.14. The Balaban J connectivity index is 1.92. The summed E-state index contributed by atoms with van der Waals surface area (Å²) in [6.45, 7) is 5.64. The molecule has 31 heavy (non-hydrogen) atoms. The van der Waals surface area contributed by atoms with Gasteiger partial charge < -0.3 is 19.9 Å². The monoisotopic (exact) mass is 438 g/mol. The second kappa shape index (κ2) is 7.66. The van der Waals surface area contributed by atoms with Crippen molar-refractivity contribution >= 4 is 29.5 Å². The van der Waals surface area contributed by atoms with Crippen LogP contribution in [0.25, 0.3) is 28.0 Å². The average Bonchev–Trinajstić information content (AvgIpc) is 3.21. The molecule has 0 aliphatic rings. The van der Waals surface area contributed by atoms with Crippen LogP contribution in [-0.2, 0) is 17.8 Å². The number of aryl methyl sites for hydroxylation is 2. The van der Waals surface area contributed by atoms with Crippen molar-refractivity contribution < 1.29 is 20.1 Å². The number of aromatic nitrogens is 4. The number of rotatable bonds is 5. The highest BCUT2D eigenvalue weighted by Gasteiger charge is 2.20. The Labute approximate surface area is 183 Å². The number of phenols is 2. The zero-order valence-corrected chi connectivity index (χ0v) is 18.2. The molecular weight excluding hydrogens is 416 g/mol. The SMILES string of the molecule is CCc1cc(-c2nnc(S)n2-c2ccc3c(c2)c(C)c(C)n3CC(=O)O)c(O)cc1O. The van der Waals surface area contributed by atoms with E-state index in [1.54, 1.807) is 15.2 Å². The number of benzene rings is 2. The normalized spacial score (nSPS) is 11.4. The summed E-state index contributed by atoms with van der Waals surface area (Å²) >= 11 is 4.45. The Morgan fingerprint density at radius 2 is 1.84 bits per heavy atom. The van der Waals surface area contributed by atoms with Gasteiger partial charge in [-0.05, 0) is 55.7 Å². The van der Waals surface area contributed by atoms with Crippen LogP contribution < -0.4 is 0 Å². The summed E-state index contributed by atoms with van der Waals surface area (Å²) in [7, 11) is 0. The molecule has 0 atom stereocenters. The van der Waals surface area contributed by atoms with E-state index in [2.05, 4.69) is 22.8 Å². The molecule has 2 aromatic heterocycles. The average molecular weight is 439 g/mol. The second-order valence-corrected chi connectivity index (χ2v) is 7.80. The second-order valence-electron chi connectivity index (χ2n) is 7.40. The van der Waals surface area contributed by atoms with Crippen molar-refractivity contribution in [3.63, 3.8) is 0 Å². The van der Waals surface area contributed by atoms with Gasteiger partial charge in [-0.1, -0.05) is 6.92 Å². The number of nitrogens with zero attached hydrogens (tertiary/aromatic N) is 4. The first-order valence-corrected chi connectivity index (χ1v) is 10.2. The summed E-state index contributed by atoms with van der Waals surface area (Å²) in [5.41, 5.74) is 4.51. The topological polar surface area (TPSA) is 113 Å². The molecule has 0 unspecified atom stereocenters. The van der Waals surface area contributed by atoms with Crippen molar-refractivity contribution in [2.75, 3.05) is 0 Å². The van der Waals surface area contributed by atoms with Gasteiger partial charge in [0.1, 0.15) is 18.0 Å². The van der Waals surface area contributed by atoms with E-state index < -0.39 is 5.97 Å². The van der Waals surface area contributed by atoms with Crippen molar-refractivity contribution in [1.82, 2.24) is 19.3 Å². The fourth-order valence-electron chi connectivity index (χ4n) is 3.89. The van der Waals surface area contributed by atoms with Gasteiger partial charge in [0.05, 0.1) is 11.3 Å². The van der Waals surface area contributed by atoms with Gasteiger partial charge in [-0.25, -0.2) is 0 Å². The van der Waals surface area contributed by atoms with Crippen molar-refractivity contribution in [3.8, 4) is 28.6 Å². The van der Waals surface area contributed by atoms with Gasteiger partial charge in [0, 0.05) is 22.7 Å². The lowest BCUT2D eigenvalue weighted by Crippen LogP contribution is -2.10. The maximum absolute atomic E-state index is 11.3. The standard InChI is InChI=1S/C22H22N4O4S/c1-4-13-7-16(19(28)9-18(13)27)21-23-24-22(31)26(21)14-5-6-17-15(8-14)11(2)12(3)25(17)10-20(29)30/h5-9,27-28H,4,10H2,1-3H3,(H,24,31)(H,29,30). The van der Waals surface area contributed by atoms with Crippen LogP contribution in [0.1, 0.15) is 23.7 Å². The summed E-state index contributed by atoms with van der Waals surface area (Å²) in [5.74, 6) is -0.612. The maximum Gasteiger partial charge on any atom is 0.323 e. The molecule has 2 heterocycles. The molecular formula is C22H22N4O4S. The number of aliphatic carboxylic acids is 1. The van der Waals surface area contributed by atoms with Gasteiger partial charge in [0.25, 0.3) is 0 Å². The minimum atomic E-state index is -0.905. The smallest absolute Gasteiger partial charge is 0.323 e. The van der Waals surface area contributed by atoms with Crippen LogP contribution in [-0.4, -0.2) is 40.6 Å². The number of aromatic hydroxyl groups is 2. The third-order valence-electron chi connectivity index (χ3n) is 5.64. The van der Waals surface area contributed by atoms with Gasteiger partial charge in [-0.3, -0.25) is 9.36 Å². The Bertz CT molecular complexity index is 1340. The number of phenolic OH excluding ortho intramolecular Hbond substituents is 2. The first-order valence-electron chi connectivity index (χ1n) is 9.74. The van der Waals surface area contributed by atoms with Crippen LogP contribution in [0.5, 0.6) is 11.5 Å². The highest BCUT2D eigenvalue weighted by Crippen LogP contribution is 2.37. The van der Waals surface area contributed by atoms with Gasteiger partial charge in [-0.15, -0.1) is 22.8 Å². The van der Waals surface area contributed by atoms with E-state index in [9.17, 15) is 20.1 Å². The van der Waals surface area contributed by atoms with Crippen molar-refractivity contribution in [2.24, 2.45) is 0 Å². The predicted molar refractivity (Wildman–Crippen MR) is 119 cm³/mol.